The molecule has 0 amide bonds. The van der Waals surface area contributed by atoms with Gasteiger partial charge in [-0.3, -0.25) is 5.10 Å². The van der Waals surface area contributed by atoms with E-state index in [1.165, 1.54) is 17.7 Å². The van der Waals surface area contributed by atoms with Crippen molar-refractivity contribution in [2.45, 2.75) is 19.8 Å². The van der Waals surface area contributed by atoms with Gasteiger partial charge in [0.2, 0.25) is 0 Å². The zero-order valence-corrected chi connectivity index (χ0v) is 11.4. The van der Waals surface area contributed by atoms with E-state index in [4.69, 9.17) is 17.3 Å². The number of rotatable bonds is 5. The lowest BCUT2D eigenvalue weighted by Gasteiger charge is -2.10. The smallest absolute Gasteiger partial charge is 0.143 e. The minimum absolute atomic E-state index is 0.0390. The maximum atomic E-state index is 13.3. The third-order valence-corrected chi connectivity index (χ3v) is 3.25. The van der Waals surface area contributed by atoms with Gasteiger partial charge in [-0.15, -0.1) is 0 Å². The maximum absolute atomic E-state index is 13.3. The van der Waals surface area contributed by atoms with E-state index in [0.29, 0.717) is 17.9 Å². The number of halogens is 2. The summed E-state index contributed by atoms with van der Waals surface area (Å²) in [6.07, 6.45) is 3.64. The molecule has 0 saturated heterocycles. The monoisotopic (exact) mass is 282 g/mol. The van der Waals surface area contributed by atoms with Gasteiger partial charge in [-0.05, 0) is 31.4 Å². The highest BCUT2D eigenvalue weighted by Gasteiger charge is 2.06. The van der Waals surface area contributed by atoms with Crippen LogP contribution in [0.25, 0.3) is 0 Å². The molecule has 0 unspecified atom stereocenters. The number of nitrogens with zero attached hydrogens (tertiary/aromatic N) is 1. The predicted molar refractivity (Wildman–Crippen MR) is 76.0 cm³/mol. The number of nitrogen functional groups attached to an aromatic ring is 1. The highest BCUT2D eigenvalue weighted by Crippen LogP contribution is 2.26. The molecule has 0 bridgehead atoms. The molecule has 0 fully saturated rings. The summed E-state index contributed by atoms with van der Waals surface area (Å²) in [5.74, 6) is -0.468. The average molecular weight is 283 g/mol. The molecule has 102 valence electrons. The SMILES string of the molecule is Cc1[nH]ncc1CCCNc1cc(F)c(Cl)cc1N. The molecular formula is C13H16ClFN4. The zero-order chi connectivity index (χ0) is 13.8. The molecule has 0 radical (unpaired) electrons. The molecule has 0 saturated carbocycles. The van der Waals surface area contributed by atoms with Crippen molar-refractivity contribution >= 4 is 23.0 Å². The molecule has 6 heteroatoms. The summed E-state index contributed by atoms with van der Waals surface area (Å²) in [4.78, 5) is 0. The first-order valence-electron chi connectivity index (χ1n) is 6.05. The number of aromatic nitrogens is 2. The molecule has 2 rings (SSSR count). The van der Waals surface area contributed by atoms with E-state index in [0.717, 1.165) is 18.5 Å². The van der Waals surface area contributed by atoms with Crippen LogP contribution in [0, 0.1) is 12.7 Å². The summed E-state index contributed by atoms with van der Waals surface area (Å²) < 4.78 is 13.3. The Labute approximate surface area is 116 Å². The lowest BCUT2D eigenvalue weighted by molar-refractivity contribution is 0.629. The molecule has 2 aromatic rings. The molecule has 1 aromatic heterocycles. The molecule has 1 heterocycles. The number of hydrogen-bond donors (Lipinski definition) is 3. The topological polar surface area (TPSA) is 66.7 Å². The Morgan fingerprint density at radius 1 is 1.47 bits per heavy atom. The largest absolute Gasteiger partial charge is 0.397 e. The van der Waals surface area contributed by atoms with E-state index in [9.17, 15) is 4.39 Å². The molecule has 19 heavy (non-hydrogen) atoms. The number of aryl methyl sites for hydroxylation is 2. The van der Waals surface area contributed by atoms with E-state index in [1.54, 1.807) is 0 Å². The van der Waals surface area contributed by atoms with Gasteiger partial charge >= 0.3 is 0 Å². The van der Waals surface area contributed by atoms with Crippen LogP contribution in [0.1, 0.15) is 17.7 Å². The van der Waals surface area contributed by atoms with Gasteiger partial charge in [0.1, 0.15) is 5.82 Å². The first kappa shape index (κ1) is 13.7. The van der Waals surface area contributed by atoms with Crippen molar-refractivity contribution in [2.75, 3.05) is 17.6 Å². The van der Waals surface area contributed by atoms with Crippen LogP contribution in [-0.2, 0) is 6.42 Å². The molecule has 0 aliphatic rings. The van der Waals surface area contributed by atoms with Crippen molar-refractivity contribution in [1.82, 2.24) is 10.2 Å². The molecule has 1 aromatic carbocycles. The maximum Gasteiger partial charge on any atom is 0.143 e. The molecular weight excluding hydrogens is 267 g/mol. The van der Waals surface area contributed by atoms with Crippen molar-refractivity contribution in [3.8, 4) is 0 Å². The number of benzene rings is 1. The van der Waals surface area contributed by atoms with E-state index in [2.05, 4.69) is 15.5 Å². The summed E-state index contributed by atoms with van der Waals surface area (Å²) in [5, 5.41) is 10.0. The summed E-state index contributed by atoms with van der Waals surface area (Å²) in [6.45, 7) is 2.69. The first-order valence-corrected chi connectivity index (χ1v) is 6.43. The Balaban J connectivity index is 1.86. The second kappa shape index (κ2) is 5.93. The highest BCUT2D eigenvalue weighted by molar-refractivity contribution is 6.31. The van der Waals surface area contributed by atoms with Crippen molar-refractivity contribution in [1.29, 1.82) is 0 Å². The van der Waals surface area contributed by atoms with Gasteiger partial charge in [-0.2, -0.15) is 5.10 Å². The summed E-state index contributed by atoms with van der Waals surface area (Å²) in [5.41, 5.74) is 9.06. The average Bonchev–Trinajstić information content (AvgIpc) is 2.77. The van der Waals surface area contributed by atoms with E-state index >= 15 is 0 Å². The molecule has 0 aliphatic carbocycles. The number of nitrogens with two attached hydrogens (primary N) is 1. The summed E-state index contributed by atoms with van der Waals surface area (Å²) >= 11 is 5.64. The summed E-state index contributed by atoms with van der Waals surface area (Å²) in [7, 11) is 0. The molecule has 0 aliphatic heterocycles. The second-order valence-electron chi connectivity index (χ2n) is 4.40. The van der Waals surface area contributed by atoms with Crippen LogP contribution < -0.4 is 11.1 Å². The molecule has 0 atom stereocenters. The van der Waals surface area contributed by atoms with Gasteiger partial charge in [0.05, 0.1) is 22.6 Å². The summed E-state index contributed by atoms with van der Waals surface area (Å²) in [6, 6.07) is 2.74. The van der Waals surface area contributed by atoms with Gasteiger partial charge in [-0.25, -0.2) is 4.39 Å². The van der Waals surface area contributed by atoms with Gasteiger partial charge < -0.3 is 11.1 Å². The minimum Gasteiger partial charge on any atom is -0.397 e. The Morgan fingerprint density at radius 2 is 2.26 bits per heavy atom. The normalized spacial score (nSPS) is 10.7. The number of nitrogens with one attached hydrogen (secondary N) is 2. The number of H-pyrrole nitrogens is 1. The quantitative estimate of drug-likeness (QED) is 0.583. The fraction of sp³-hybridized carbons (Fsp3) is 0.308. The number of aromatic amines is 1. The Kier molecular flexibility index (Phi) is 4.27. The third-order valence-electron chi connectivity index (χ3n) is 2.97. The third kappa shape index (κ3) is 3.38. The van der Waals surface area contributed by atoms with E-state index in [-0.39, 0.29) is 5.02 Å². The van der Waals surface area contributed by atoms with E-state index in [1.807, 2.05) is 13.1 Å². The molecule has 4 nitrogen and oxygen atoms in total. The van der Waals surface area contributed by atoms with Crippen molar-refractivity contribution < 1.29 is 4.39 Å². The highest BCUT2D eigenvalue weighted by atomic mass is 35.5. The first-order chi connectivity index (χ1) is 9.08. The standard InChI is InChI=1S/C13H16ClFN4/c1-8-9(7-18-19-8)3-2-4-17-13-6-11(15)10(14)5-12(13)16/h5-7,17H,2-4,16H2,1H3,(H,18,19). The van der Waals surface area contributed by atoms with Gasteiger partial charge in [0, 0.05) is 18.3 Å². The van der Waals surface area contributed by atoms with Crippen LogP contribution in [0.15, 0.2) is 18.3 Å². The lowest BCUT2D eigenvalue weighted by atomic mass is 10.1. The fourth-order valence-corrected chi connectivity index (χ4v) is 2.02. The van der Waals surface area contributed by atoms with Crippen LogP contribution in [0.3, 0.4) is 0 Å². The molecule has 0 spiro atoms. The van der Waals surface area contributed by atoms with Crippen LogP contribution in [-0.4, -0.2) is 16.7 Å². The number of hydrogen-bond acceptors (Lipinski definition) is 3. The number of anilines is 2. The minimum atomic E-state index is -0.468. The van der Waals surface area contributed by atoms with Gasteiger partial charge in [0.25, 0.3) is 0 Å². The second-order valence-corrected chi connectivity index (χ2v) is 4.81. The van der Waals surface area contributed by atoms with Crippen LogP contribution in [0.2, 0.25) is 5.02 Å². The lowest BCUT2D eigenvalue weighted by Crippen LogP contribution is -2.06. The van der Waals surface area contributed by atoms with E-state index < -0.39 is 5.82 Å². The van der Waals surface area contributed by atoms with Crippen LogP contribution in [0.4, 0.5) is 15.8 Å². The van der Waals surface area contributed by atoms with Crippen molar-refractivity contribution in [3.05, 3.63) is 40.4 Å². The predicted octanol–water partition coefficient (Wildman–Crippen LogP) is 3.14. The van der Waals surface area contributed by atoms with Crippen molar-refractivity contribution in [3.63, 3.8) is 0 Å². The Hall–Kier alpha value is -1.75. The Bertz CT molecular complexity index is 568. The molecule has 4 N–H and O–H groups in total. The van der Waals surface area contributed by atoms with Gasteiger partial charge in [0.15, 0.2) is 0 Å². The van der Waals surface area contributed by atoms with Gasteiger partial charge in [-0.1, -0.05) is 11.6 Å². The Morgan fingerprint density at radius 3 is 2.95 bits per heavy atom. The fourth-order valence-electron chi connectivity index (χ4n) is 1.84. The van der Waals surface area contributed by atoms with Crippen molar-refractivity contribution in [2.24, 2.45) is 0 Å². The van der Waals surface area contributed by atoms with Crippen LogP contribution >= 0.6 is 11.6 Å². The zero-order valence-electron chi connectivity index (χ0n) is 10.6. The van der Waals surface area contributed by atoms with Crippen LogP contribution in [0.5, 0.6) is 0 Å².